The van der Waals surface area contributed by atoms with Crippen molar-refractivity contribution in [1.82, 2.24) is 9.88 Å². The number of rotatable bonds is 8. The summed E-state index contributed by atoms with van der Waals surface area (Å²) in [6, 6.07) is 9.20. The van der Waals surface area contributed by atoms with Gasteiger partial charge in [-0.3, -0.25) is 19.5 Å². The van der Waals surface area contributed by atoms with Crippen LogP contribution in [0.1, 0.15) is 18.4 Å². The maximum Gasteiger partial charge on any atom is 0.419 e. The van der Waals surface area contributed by atoms with Gasteiger partial charge in [-0.15, -0.1) is 0 Å². The number of nitrogens with one attached hydrogen (secondary N) is 1. The van der Waals surface area contributed by atoms with Crippen LogP contribution in [0, 0.1) is 10.1 Å². The molecule has 152 valence electrons. The number of nitro groups is 1. The predicted octanol–water partition coefficient (Wildman–Crippen LogP) is 3.95. The van der Waals surface area contributed by atoms with Crippen molar-refractivity contribution in [2.24, 2.45) is 0 Å². The van der Waals surface area contributed by atoms with Crippen molar-refractivity contribution in [2.45, 2.75) is 25.8 Å². The minimum atomic E-state index is -0.613. The van der Waals surface area contributed by atoms with E-state index in [2.05, 4.69) is 5.32 Å². The SMILES string of the molecule is O=C(CCCn1c(=O)oc2cc([N+](=O)[O-])ccc21)NCCc1ccc(Cl)cc1Cl. The molecule has 0 saturated heterocycles. The number of fused-ring (bicyclic) bond motifs is 1. The van der Waals surface area contributed by atoms with Gasteiger partial charge in [0, 0.05) is 35.6 Å². The lowest BCUT2D eigenvalue weighted by atomic mass is 10.1. The number of nitro benzene ring substituents is 1. The van der Waals surface area contributed by atoms with Gasteiger partial charge in [0.15, 0.2) is 5.58 Å². The van der Waals surface area contributed by atoms with E-state index in [1.807, 2.05) is 6.07 Å². The van der Waals surface area contributed by atoms with Crippen LogP contribution in [-0.2, 0) is 17.8 Å². The van der Waals surface area contributed by atoms with Gasteiger partial charge in [-0.1, -0.05) is 29.3 Å². The lowest BCUT2D eigenvalue weighted by molar-refractivity contribution is -0.384. The standard InChI is InChI=1S/C19H17Cl2N3O5/c20-13-4-3-12(15(21)10-13)7-8-22-18(25)2-1-9-23-16-6-5-14(24(27)28)11-17(16)29-19(23)26/h3-6,10-11H,1-2,7-9H2,(H,22,25). The van der Waals surface area contributed by atoms with E-state index in [1.54, 1.807) is 12.1 Å². The fourth-order valence-corrected chi connectivity index (χ4v) is 3.43. The zero-order valence-corrected chi connectivity index (χ0v) is 16.7. The average Bonchev–Trinajstić information content (AvgIpc) is 2.98. The summed E-state index contributed by atoms with van der Waals surface area (Å²) >= 11 is 12.0. The Labute approximate surface area is 175 Å². The van der Waals surface area contributed by atoms with Gasteiger partial charge in [-0.2, -0.15) is 0 Å². The largest absolute Gasteiger partial charge is 0.419 e. The molecule has 3 rings (SSSR count). The van der Waals surface area contributed by atoms with E-state index in [0.29, 0.717) is 34.9 Å². The second kappa shape index (κ2) is 9.11. The Hall–Kier alpha value is -2.84. The third-order valence-electron chi connectivity index (χ3n) is 4.38. The Morgan fingerprint density at radius 3 is 2.72 bits per heavy atom. The van der Waals surface area contributed by atoms with Gasteiger partial charge in [0.1, 0.15) is 0 Å². The molecule has 0 atom stereocenters. The third-order valence-corrected chi connectivity index (χ3v) is 4.97. The molecule has 3 aromatic rings. The molecule has 0 aliphatic carbocycles. The molecule has 0 unspecified atom stereocenters. The summed E-state index contributed by atoms with van der Waals surface area (Å²) in [5.74, 6) is -0.759. The molecular weight excluding hydrogens is 421 g/mol. The summed E-state index contributed by atoms with van der Waals surface area (Å²) in [5, 5.41) is 14.7. The van der Waals surface area contributed by atoms with Gasteiger partial charge in [-0.25, -0.2) is 4.79 Å². The lowest BCUT2D eigenvalue weighted by Crippen LogP contribution is -2.26. The van der Waals surface area contributed by atoms with E-state index in [0.717, 1.165) is 5.56 Å². The minimum absolute atomic E-state index is 0.147. The van der Waals surface area contributed by atoms with Crippen LogP contribution < -0.4 is 11.1 Å². The van der Waals surface area contributed by atoms with Crippen molar-refractivity contribution in [3.8, 4) is 0 Å². The van der Waals surface area contributed by atoms with Crippen LogP contribution in [0.2, 0.25) is 10.0 Å². The number of nitrogens with zero attached hydrogens (tertiary/aromatic N) is 2. The summed E-state index contributed by atoms with van der Waals surface area (Å²) < 4.78 is 6.42. The van der Waals surface area contributed by atoms with Crippen molar-refractivity contribution in [3.63, 3.8) is 0 Å². The number of hydrogen-bond acceptors (Lipinski definition) is 5. The molecule has 0 aliphatic rings. The van der Waals surface area contributed by atoms with E-state index >= 15 is 0 Å². The van der Waals surface area contributed by atoms with Crippen LogP contribution >= 0.6 is 23.2 Å². The summed E-state index contributed by atoms with van der Waals surface area (Å²) in [6.07, 6.45) is 1.21. The van der Waals surface area contributed by atoms with Gasteiger partial charge in [0.05, 0.1) is 16.5 Å². The van der Waals surface area contributed by atoms with Crippen LogP contribution in [0.5, 0.6) is 0 Å². The molecule has 0 spiro atoms. The first kappa shape index (κ1) is 20.9. The number of amides is 1. The molecule has 29 heavy (non-hydrogen) atoms. The average molecular weight is 438 g/mol. The summed E-state index contributed by atoms with van der Waals surface area (Å²) in [4.78, 5) is 34.3. The molecule has 10 heteroatoms. The fraction of sp³-hybridized carbons (Fsp3) is 0.263. The number of non-ortho nitro benzene ring substituents is 1. The summed E-state index contributed by atoms with van der Waals surface area (Å²) in [6.45, 7) is 0.693. The quantitative estimate of drug-likeness (QED) is 0.423. The van der Waals surface area contributed by atoms with Crippen molar-refractivity contribution in [3.05, 3.63) is 72.7 Å². The number of aromatic nitrogens is 1. The van der Waals surface area contributed by atoms with Crippen LogP contribution in [0.15, 0.2) is 45.6 Å². The Kier molecular flexibility index (Phi) is 6.56. The second-order valence-corrected chi connectivity index (χ2v) is 7.21. The molecule has 0 aliphatic heterocycles. The number of carbonyl (C=O) groups excluding carboxylic acids is 1. The molecule has 2 aromatic carbocycles. The van der Waals surface area contributed by atoms with Crippen LogP contribution in [0.4, 0.5) is 5.69 Å². The highest BCUT2D eigenvalue weighted by Crippen LogP contribution is 2.21. The van der Waals surface area contributed by atoms with Crippen molar-refractivity contribution in [2.75, 3.05) is 6.54 Å². The van der Waals surface area contributed by atoms with Gasteiger partial charge < -0.3 is 9.73 Å². The number of aryl methyl sites for hydroxylation is 1. The maximum absolute atomic E-state index is 12.0. The fourth-order valence-electron chi connectivity index (χ4n) is 2.93. The smallest absolute Gasteiger partial charge is 0.407 e. The number of benzene rings is 2. The van der Waals surface area contributed by atoms with Gasteiger partial charge in [0.2, 0.25) is 5.91 Å². The Balaban J connectivity index is 1.50. The predicted molar refractivity (Wildman–Crippen MR) is 110 cm³/mol. The van der Waals surface area contributed by atoms with E-state index in [1.165, 1.54) is 22.8 Å². The number of halogens is 2. The van der Waals surface area contributed by atoms with Crippen LogP contribution in [0.25, 0.3) is 11.1 Å². The van der Waals surface area contributed by atoms with Gasteiger partial charge >= 0.3 is 5.76 Å². The normalized spacial score (nSPS) is 11.0. The highest BCUT2D eigenvalue weighted by molar-refractivity contribution is 6.35. The minimum Gasteiger partial charge on any atom is -0.407 e. The van der Waals surface area contributed by atoms with E-state index in [-0.39, 0.29) is 30.1 Å². The molecule has 0 bridgehead atoms. The Bertz CT molecular complexity index is 1120. The molecular formula is C19H17Cl2N3O5. The molecule has 1 aromatic heterocycles. The van der Waals surface area contributed by atoms with Crippen molar-refractivity contribution < 1.29 is 14.1 Å². The maximum atomic E-state index is 12.0. The zero-order chi connectivity index (χ0) is 21.0. The molecule has 1 heterocycles. The summed E-state index contributed by atoms with van der Waals surface area (Å²) in [7, 11) is 0. The number of hydrogen-bond donors (Lipinski definition) is 1. The van der Waals surface area contributed by atoms with E-state index < -0.39 is 10.7 Å². The first-order chi connectivity index (χ1) is 13.8. The Morgan fingerprint density at radius 2 is 2.00 bits per heavy atom. The molecule has 0 radical (unpaired) electrons. The van der Waals surface area contributed by atoms with Crippen molar-refractivity contribution >= 4 is 45.9 Å². The highest BCUT2D eigenvalue weighted by Gasteiger charge is 2.14. The first-order valence-corrected chi connectivity index (χ1v) is 9.59. The molecule has 1 amide bonds. The van der Waals surface area contributed by atoms with Gasteiger partial charge in [0.25, 0.3) is 5.69 Å². The number of carbonyl (C=O) groups is 1. The van der Waals surface area contributed by atoms with E-state index in [9.17, 15) is 19.7 Å². The monoisotopic (exact) mass is 437 g/mol. The highest BCUT2D eigenvalue weighted by atomic mass is 35.5. The number of oxazole rings is 1. The van der Waals surface area contributed by atoms with Gasteiger partial charge in [-0.05, 0) is 36.6 Å². The van der Waals surface area contributed by atoms with Crippen LogP contribution in [0.3, 0.4) is 0 Å². The van der Waals surface area contributed by atoms with Crippen molar-refractivity contribution in [1.29, 1.82) is 0 Å². The Morgan fingerprint density at radius 1 is 1.21 bits per heavy atom. The molecule has 0 fully saturated rings. The third kappa shape index (κ3) is 5.16. The first-order valence-electron chi connectivity index (χ1n) is 8.83. The zero-order valence-electron chi connectivity index (χ0n) is 15.2. The topological polar surface area (TPSA) is 107 Å². The summed E-state index contributed by atoms with van der Waals surface area (Å²) in [5.41, 5.74) is 1.34. The molecule has 8 nitrogen and oxygen atoms in total. The van der Waals surface area contributed by atoms with Crippen LogP contribution in [-0.4, -0.2) is 21.9 Å². The molecule has 1 N–H and O–H groups in total. The lowest BCUT2D eigenvalue weighted by Gasteiger charge is -2.07. The second-order valence-electron chi connectivity index (χ2n) is 6.37. The van der Waals surface area contributed by atoms with E-state index in [4.69, 9.17) is 27.6 Å². The molecule has 0 saturated carbocycles.